The Labute approximate surface area is 251 Å². The zero-order valence-electron chi connectivity index (χ0n) is 25.6. The van der Waals surface area contributed by atoms with E-state index in [1.165, 1.54) is 0 Å². The van der Waals surface area contributed by atoms with Crippen molar-refractivity contribution < 1.29 is 29.4 Å². The molecule has 0 saturated carbocycles. The van der Waals surface area contributed by atoms with Gasteiger partial charge in [0.2, 0.25) is 0 Å². The predicted octanol–water partition coefficient (Wildman–Crippen LogP) is 2.31. The maximum atomic E-state index is 12.4. The summed E-state index contributed by atoms with van der Waals surface area (Å²) in [4.78, 5) is 54.4. The van der Waals surface area contributed by atoms with E-state index in [9.17, 15) is 29.4 Å². The Morgan fingerprint density at radius 1 is 0.674 bits per heavy atom. The van der Waals surface area contributed by atoms with Crippen LogP contribution in [0.4, 0.5) is 0 Å². The summed E-state index contributed by atoms with van der Waals surface area (Å²) in [5.74, 6) is -2.58. The molecule has 2 aliphatic rings. The van der Waals surface area contributed by atoms with Crippen LogP contribution in [-0.4, -0.2) is 33.7 Å². The van der Waals surface area contributed by atoms with Crippen LogP contribution in [0.1, 0.15) is 98.4 Å². The normalized spacial score (nSPS) is 17.1. The van der Waals surface area contributed by atoms with Crippen molar-refractivity contribution in [3.63, 3.8) is 0 Å². The molecule has 0 bridgehead atoms. The van der Waals surface area contributed by atoms with Crippen LogP contribution in [0.3, 0.4) is 0 Å². The number of aromatic amines is 2. The average Bonchev–Trinajstić information content (AvgIpc) is 3.59. The number of hydrogen-bond donors (Lipinski definition) is 4. The SMILES string of the molecule is CCC1=C(C)/C(=C/c2[nH]c(Cc3[nH]c(/C=C4\NC(=O)C(C)=C4CC)c(C)c3CCC(=O)[O-])c(CCC(=O)[O-])c2C)NC1=O. The number of rotatable bonds is 12. The molecule has 0 spiro atoms. The van der Waals surface area contributed by atoms with E-state index in [4.69, 9.17) is 0 Å². The van der Waals surface area contributed by atoms with Gasteiger partial charge < -0.3 is 40.4 Å². The lowest BCUT2D eigenvalue weighted by Crippen LogP contribution is -2.22. The third-order valence-corrected chi connectivity index (χ3v) is 8.55. The van der Waals surface area contributed by atoms with Gasteiger partial charge in [0.1, 0.15) is 0 Å². The lowest BCUT2D eigenvalue weighted by Gasteiger charge is -2.09. The molecule has 0 aliphatic carbocycles. The molecule has 4 N–H and O–H groups in total. The van der Waals surface area contributed by atoms with Gasteiger partial charge in [-0.15, -0.1) is 0 Å². The molecule has 2 aromatic heterocycles. The second kappa shape index (κ2) is 12.7. The lowest BCUT2D eigenvalue weighted by atomic mass is 9.98. The molecule has 2 aromatic rings. The summed E-state index contributed by atoms with van der Waals surface area (Å²) in [6.07, 6.45) is 5.54. The highest BCUT2D eigenvalue weighted by atomic mass is 16.4. The molecule has 0 fully saturated rings. The molecular formula is C33H38N4O6-2. The minimum Gasteiger partial charge on any atom is -0.550 e. The monoisotopic (exact) mass is 586 g/mol. The van der Waals surface area contributed by atoms with Crippen molar-refractivity contribution in [2.45, 2.75) is 86.5 Å². The number of allylic oxidation sites excluding steroid dienone is 2. The van der Waals surface area contributed by atoms with Gasteiger partial charge in [0.15, 0.2) is 0 Å². The van der Waals surface area contributed by atoms with Crippen LogP contribution in [0.2, 0.25) is 0 Å². The Morgan fingerprint density at radius 2 is 1.14 bits per heavy atom. The van der Waals surface area contributed by atoms with E-state index < -0.39 is 11.9 Å². The fourth-order valence-corrected chi connectivity index (χ4v) is 6.03. The fourth-order valence-electron chi connectivity index (χ4n) is 6.03. The van der Waals surface area contributed by atoms with Crippen LogP contribution >= 0.6 is 0 Å². The number of H-pyrrole nitrogens is 2. The van der Waals surface area contributed by atoms with Gasteiger partial charge in [-0.1, -0.05) is 13.8 Å². The third kappa shape index (κ3) is 6.43. The topological polar surface area (TPSA) is 170 Å². The van der Waals surface area contributed by atoms with Gasteiger partial charge in [-0.25, -0.2) is 0 Å². The van der Waals surface area contributed by atoms with Crippen LogP contribution in [-0.2, 0) is 38.4 Å². The molecule has 0 saturated heterocycles. The number of carboxylic acids is 2. The first-order valence-electron chi connectivity index (χ1n) is 14.6. The standard InChI is InChI=1S/C33H40N4O6/c1-7-20-19(6)32(42)37-27(20)14-25-18(5)23(10-12-31(40)41)29(35-25)15-28-22(9-11-30(38)39)17(4)24(34-28)13-26-16(3)21(8-2)33(43)36-26/h13-14,34-35H,7-12,15H2,1-6H3,(H,36,43)(H,37,42)(H,38,39)(H,40,41)/p-2/b26-13-,27-14-. The molecule has 2 amide bonds. The smallest absolute Gasteiger partial charge is 0.251 e. The van der Waals surface area contributed by atoms with E-state index in [0.717, 1.165) is 61.7 Å². The predicted molar refractivity (Wildman–Crippen MR) is 159 cm³/mol. The van der Waals surface area contributed by atoms with Crippen LogP contribution in [0, 0.1) is 13.8 Å². The van der Waals surface area contributed by atoms with Crippen molar-refractivity contribution in [1.82, 2.24) is 20.6 Å². The number of carboxylic acid groups (broad SMARTS) is 2. The zero-order valence-corrected chi connectivity index (χ0v) is 25.6. The second-order valence-corrected chi connectivity index (χ2v) is 11.1. The first-order chi connectivity index (χ1) is 20.4. The third-order valence-electron chi connectivity index (χ3n) is 8.55. The van der Waals surface area contributed by atoms with E-state index in [0.29, 0.717) is 36.2 Å². The second-order valence-electron chi connectivity index (χ2n) is 11.1. The van der Waals surface area contributed by atoms with Crippen molar-refractivity contribution in [3.05, 3.63) is 78.7 Å². The molecule has 43 heavy (non-hydrogen) atoms. The molecule has 0 radical (unpaired) electrons. The van der Waals surface area contributed by atoms with Crippen LogP contribution < -0.4 is 20.8 Å². The van der Waals surface area contributed by atoms with Gasteiger partial charge in [-0.2, -0.15) is 0 Å². The quantitative estimate of drug-likeness (QED) is 0.297. The average molecular weight is 587 g/mol. The Bertz CT molecular complexity index is 1640. The highest BCUT2D eigenvalue weighted by molar-refractivity contribution is 6.01. The summed E-state index contributed by atoms with van der Waals surface area (Å²) < 4.78 is 0. The molecule has 0 unspecified atom stereocenters. The summed E-state index contributed by atoms with van der Waals surface area (Å²) >= 11 is 0. The highest BCUT2D eigenvalue weighted by Gasteiger charge is 2.25. The molecule has 4 rings (SSSR count). The summed E-state index contributed by atoms with van der Waals surface area (Å²) in [6, 6.07) is 0. The first kappa shape index (κ1) is 31.3. The summed E-state index contributed by atoms with van der Waals surface area (Å²) in [5, 5.41) is 28.7. The van der Waals surface area contributed by atoms with Crippen molar-refractivity contribution in [2.24, 2.45) is 0 Å². The molecular weight excluding hydrogens is 548 g/mol. The van der Waals surface area contributed by atoms with Crippen LogP contribution in [0.5, 0.6) is 0 Å². The van der Waals surface area contributed by atoms with E-state index in [1.54, 1.807) is 6.92 Å². The van der Waals surface area contributed by atoms with Crippen molar-refractivity contribution in [2.75, 3.05) is 0 Å². The number of nitrogens with one attached hydrogen (secondary N) is 4. The minimum atomic E-state index is -1.16. The van der Waals surface area contributed by atoms with E-state index in [-0.39, 0.29) is 37.5 Å². The van der Waals surface area contributed by atoms with E-state index in [1.807, 2.05) is 46.8 Å². The molecule has 10 heteroatoms. The van der Waals surface area contributed by atoms with Crippen LogP contribution in [0.25, 0.3) is 12.2 Å². The van der Waals surface area contributed by atoms with Crippen molar-refractivity contribution >= 4 is 35.9 Å². The Morgan fingerprint density at radius 3 is 1.58 bits per heavy atom. The van der Waals surface area contributed by atoms with Crippen LogP contribution in [0.15, 0.2) is 33.7 Å². The maximum absolute atomic E-state index is 12.4. The molecule has 228 valence electrons. The number of amides is 2. The molecule has 4 heterocycles. The lowest BCUT2D eigenvalue weighted by molar-refractivity contribution is -0.307. The number of aromatic nitrogens is 2. The number of carbonyl (C=O) groups excluding carboxylic acids is 4. The van der Waals surface area contributed by atoms with Gasteiger partial charge in [0.05, 0.1) is 0 Å². The molecule has 0 aromatic carbocycles. The van der Waals surface area contributed by atoms with Gasteiger partial charge in [0.25, 0.3) is 11.8 Å². The number of carbonyl (C=O) groups is 4. The Kier molecular flexibility index (Phi) is 9.27. The first-order valence-corrected chi connectivity index (χ1v) is 14.6. The van der Waals surface area contributed by atoms with Crippen molar-refractivity contribution in [1.29, 1.82) is 0 Å². The largest absolute Gasteiger partial charge is 0.550 e. The summed E-state index contributed by atoms with van der Waals surface area (Å²) in [7, 11) is 0. The fraction of sp³-hybridized carbons (Fsp3) is 0.394. The Hall–Kier alpha value is -4.60. The summed E-state index contributed by atoms with van der Waals surface area (Å²) in [6.45, 7) is 11.4. The van der Waals surface area contributed by atoms with Gasteiger partial charge >= 0.3 is 0 Å². The highest BCUT2D eigenvalue weighted by Crippen LogP contribution is 2.32. The van der Waals surface area contributed by atoms with Crippen molar-refractivity contribution in [3.8, 4) is 0 Å². The summed E-state index contributed by atoms with van der Waals surface area (Å²) in [5.41, 5.74) is 11.0. The molecule has 2 aliphatic heterocycles. The van der Waals surface area contributed by atoms with Gasteiger partial charge in [0, 0.05) is 63.7 Å². The zero-order chi connectivity index (χ0) is 31.6. The molecule has 10 nitrogen and oxygen atoms in total. The Balaban J connectivity index is 1.79. The van der Waals surface area contributed by atoms with Gasteiger partial charge in [-0.05, 0) is 112 Å². The van der Waals surface area contributed by atoms with E-state index >= 15 is 0 Å². The minimum absolute atomic E-state index is 0.122. The molecule has 0 atom stereocenters. The van der Waals surface area contributed by atoms with E-state index in [2.05, 4.69) is 20.6 Å². The number of aliphatic carboxylic acids is 2. The maximum Gasteiger partial charge on any atom is 0.251 e. The van der Waals surface area contributed by atoms with Gasteiger partial charge in [-0.3, -0.25) is 9.59 Å². The number of hydrogen-bond acceptors (Lipinski definition) is 6.